The van der Waals surface area contributed by atoms with Gasteiger partial charge in [-0.3, -0.25) is 4.90 Å². The zero-order valence-corrected chi connectivity index (χ0v) is 8.70. The molecule has 0 aromatic heterocycles. The van der Waals surface area contributed by atoms with Crippen LogP contribution in [-0.4, -0.2) is 49.0 Å². The molecule has 0 saturated carbocycles. The van der Waals surface area contributed by atoms with Crippen LogP contribution in [0.5, 0.6) is 0 Å². The molecule has 3 heteroatoms. The highest BCUT2D eigenvalue weighted by Crippen LogP contribution is 2.20. The van der Waals surface area contributed by atoms with E-state index in [9.17, 15) is 0 Å². The molecule has 3 nitrogen and oxygen atoms in total. The predicted molar refractivity (Wildman–Crippen MR) is 52.8 cm³/mol. The maximum Gasteiger partial charge on any atom is 0.0586 e. The summed E-state index contributed by atoms with van der Waals surface area (Å²) < 4.78 is 5.05. The van der Waals surface area contributed by atoms with Crippen LogP contribution in [0.2, 0.25) is 0 Å². The van der Waals surface area contributed by atoms with Gasteiger partial charge in [0.15, 0.2) is 0 Å². The van der Waals surface area contributed by atoms with Crippen LogP contribution in [0.4, 0.5) is 0 Å². The Bertz CT molecular complexity index is 141. The minimum atomic E-state index is 0.303. The van der Waals surface area contributed by atoms with Gasteiger partial charge in [0.25, 0.3) is 0 Å². The normalized spacial score (nSPS) is 26.5. The van der Waals surface area contributed by atoms with E-state index < -0.39 is 0 Å². The lowest BCUT2D eigenvalue weighted by molar-refractivity contribution is 0.0993. The number of hydrogen-bond acceptors (Lipinski definition) is 3. The van der Waals surface area contributed by atoms with E-state index in [1.807, 2.05) is 0 Å². The van der Waals surface area contributed by atoms with Gasteiger partial charge in [0, 0.05) is 25.8 Å². The number of nitrogens with zero attached hydrogens (tertiary/aromatic N) is 1. The SMILES string of the molecule is COCCC(C)N1CCC[C@H]1CO. The third-order valence-corrected chi connectivity index (χ3v) is 2.94. The summed E-state index contributed by atoms with van der Waals surface area (Å²) in [5.74, 6) is 0. The van der Waals surface area contributed by atoms with Gasteiger partial charge in [0.2, 0.25) is 0 Å². The Balaban J connectivity index is 2.31. The summed E-state index contributed by atoms with van der Waals surface area (Å²) in [5, 5.41) is 9.14. The lowest BCUT2D eigenvalue weighted by atomic mass is 10.1. The van der Waals surface area contributed by atoms with Crippen LogP contribution in [0.1, 0.15) is 26.2 Å². The smallest absolute Gasteiger partial charge is 0.0586 e. The molecule has 1 saturated heterocycles. The van der Waals surface area contributed by atoms with Gasteiger partial charge in [0.05, 0.1) is 6.61 Å². The molecule has 13 heavy (non-hydrogen) atoms. The first kappa shape index (κ1) is 11.0. The Kier molecular flexibility index (Phi) is 4.70. The van der Waals surface area contributed by atoms with E-state index >= 15 is 0 Å². The van der Waals surface area contributed by atoms with Crippen LogP contribution in [0, 0.1) is 0 Å². The number of rotatable bonds is 5. The lowest BCUT2D eigenvalue weighted by Crippen LogP contribution is -2.39. The fourth-order valence-corrected chi connectivity index (χ4v) is 2.09. The molecule has 1 fully saturated rings. The number of aliphatic hydroxyl groups is 1. The van der Waals surface area contributed by atoms with E-state index in [1.54, 1.807) is 7.11 Å². The second-order valence-electron chi connectivity index (χ2n) is 3.85. The molecular weight excluding hydrogens is 166 g/mol. The van der Waals surface area contributed by atoms with Crippen molar-refractivity contribution in [2.24, 2.45) is 0 Å². The summed E-state index contributed by atoms with van der Waals surface area (Å²) in [4.78, 5) is 2.40. The summed E-state index contributed by atoms with van der Waals surface area (Å²) >= 11 is 0. The van der Waals surface area contributed by atoms with Crippen molar-refractivity contribution < 1.29 is 9.84 Å². The number of aliphatic hydroxyl groups excluding tert-OH is 1. The van der Waals surface area contributed by atoms with Gasteiger partial charge in [-0.25, -0.2) is 0 Å². The van der Waals surface area contributed by atoms with Crippen molar-refractivity contribution in [3.8, 4) is 0 Å². The third kappa shape index (κ3) is 2.93. The van der Waals surface area contributed by atoms with Gasteiger partial charge in [-0.1, -0.05) is 0 Å². The van der Waals surface area contributed by atoms with Crippen molar-refractivity contribution in [1.82, 2.24) is 4.90 Å². The number of likely N-dealkylation sites (tertiary alicyclic amines) is 1. The van der Waals surface area contributed by atoms with Gasteiger partial charge in [-0.15, -0.1) is 0 Å². The van der Waals surface area contributed by atoms with Crippen molar-refractivity contribution in [1.29, 1.82) is 0 Å². The van der Waals surface area contributed by atoms with Crippen molar-refractivity contribution in [3.63, 3.8) is 0 Å². The van der Waals surface area contributed by atoms with Gasteiger partial charge in [0.1, 0.15) is 0 Å². The topological polar surface area (TPSA) is 32.7 Å². The van der Waals surface area contributed by atoms with E-state index in [0.29, 0.717) is 18.7 Å². The van der Waals surface area contributed by atoms with E-state index in [-0.39, 0.29) is 0 Å². The van der Waals surface area contributed by atoms with Gasteiger partial charge < -0.3 is 9.84 Å². The number of methoxy groups -OCH3 is 1. The minimum absolute atomic E-state index is 0.303. The fraction of sp³-hybridized carbons (Fsp3) is 1.00. The molecule has 78 valence electrons. The molecule has 1 heterocycles. The lowest BCUT2D eigenvalue weighted by Gasteiger charge is -2.29. The Morgan fingerprint density at radius 1 is 1.62 bits per heavy atom. The predicted octanol–water partition coefficient (Wildman–Crippen LogP) is 0.868. The third-order valence-electron chi connectivity index (χ3n) is 2.94. The molecule has 1 N–H and O–H groups in total. The van der Waals surface area contributed by atoms with Crippen molar-refractivity contribution in [2.75, 3.05) is 26.9 Å². The summed E-state index contributed by atoms with van der Waals surface area (Å²) in [6.45, 7) is 4.47. The van der Waals surface area contributed by atoms with Crippen LogP contribution in [0.25, 0.3) is 0 Å². The maximum absolute atomic E-state index is 9.14. The second-order valence-corrected chi connectivity index (χ2v) is 3.85. The van der Waals surface area contributed by atoms with Crippen molar-refractivity contribution >= 4 is 0 Å². The van der Waals surface area contributed by atoms with Crippen molar-refractivity contribution in [2.45, 2.75) is 38.3 Å². The zero-order chi connectivity index (χ0) is 9.68. The van der Waals surface area contributed by atoms with Crippen LogP contribution in [0.3, 0.4) is 0 Å². The molecule has 1 unspecified atom stereocenters. The summed E-state index contributed by atoms with van der Waals surface area (Å²) in [6, 6.07) is 0.937. The summed E-state index contributed by atoms with van der Waals surface area (Å²) in [5.41, 5.74) is 0. The summed E-state index contributed by atoms with van der Waals surface area (Å²) in [6.07, 6.45) is 3.43. The molecule has 1 aliphatic heterocycles. The highest BCUT2D eigenvalue weighted by Gasteiger charge is 2.27. The standard InChI is InChI=1S/C10H21NO2/c1-9(5-7-13-2)11-6-3-4-10(11)8-12/h9-10,12H,3-8H2,1-2H3/t9?,10-/m0/s1. The van der Waals surface area contributed by atoms with Crippen LogP contribution < -0.4 is 0 Å². The quantitative estimate of drug-likeness (QED) is 0.693. The maximum atomic E-state index is 9.14. The molecule has 0 bridgehead atoms. The molecule has 0 aliphatic carbocycles. The van der Waals surface area contributed by atoms with Gasteiger partial charge in [-0.05, 0) is 32.7 Å². The van der Waals surface area contributed by atoms with E-state index in [2.05, 4.69) is 11.8 Å². The van der Waals surface area contributed by atoms with E-state index in [4.69, 9.17) is 9.84 Å². The largest absolute Gasteiger partial charge is 0.395 e. The first-order valence-corrected chi connectivity index (χ1v) is 5.15. The molecule has 2 atom stereocenters. The first-order valence-electron chi connectivity index (χ1n) is 5.15. The highest BCUT2D eigenvalue weighted by molar-refractivity contribution is 4.82. The molecule has 0 amide bonds. The molecule has 0 radical (unpaired) electrons. The average Bonchev–Trinajstić information content (AvgIpc) is 2.61. The van der Waals surface area contributed by atoms with E-state index in [0.717, 1.165) is 26.0 Å². The van der Waals surface area contributed by atoms with Crippen LogP contribution >= 0.6 is 0 Å². The van der Waals surface area contributed by atoms with Crippen molar-refractivity contribution in [3.05, 3.63) is 0 Å². The Morgan fingerprint density at radius 2 is 2.38 bits per heavy atom. The summed E-state index contributed by atoms with van der Waals surface area (Å²) in [7, 11) is 1.74. The molecule has 0 aromatic carbocycles. The number of hydrogen-bond donors (Lipinski definition) is 1. The Labute approximate surface area is 80.7 Å². The molecule has 0 aromatic rings. The van der Waals surface area contributed by atoms with Crippen LogP contribution in [0.15, 0.2) is 0 Å². The van der Waals surface area contributed by atoms with Gasteiger partial charge in [-0.2, -0.15) is 0 Å². The van der Waals surface area contributed by atoms with Gasteiger partial charge >= 0.3 is 0 Å². The molecule has 1 aliphatic rings. The Hall–Kier alpha value is -0.120. The zero-order valence-electron chi connectivity index (χ0n) is 8.70. The molecule has 1 rings (SSSR count). The average molecular weight is 187 g/mol. The van der Waals surface area contributed by atoms with E-state index in [1.165, 1.54) is 6.42 Å². The van der Waals surface area contributed by atoms with Crippen LogP contribution in [-0.2, 0) is 4.74 Å². The molecular formula is C10H21NO2. The first-order chi connectivity index (χ1) is 6.29. The fourth-order valence-electron chi connectivity index (χ4n) is 2.09. The minimum Gasteiger partial charge on any atom is -0.395 e. The monoisotopic (exact) mass is 187 g/mol. The molecule has 0 spiro atoms. The highest BCUT2D eigenvalue weighted by atomic mass is 16.5. The second kappa shape index (κ2) is 5.58. The number of ether oxygens (including phenoxy) is 1. The Morgan fingerprint density at radius 3 is 3.00 bits per heavy atom.